The van der Waals surface area contributed by atoms with Gasteiger partial charge in [-0.1, -0.05) is 0 Å². The first-order valence-electron chi connectivity index (χ1n) is 6.14. The van der Waals surface area contributed by atoms with Gasteiger partial charge in [-0.3, -0.25) is 9.59 Å². The Balaban J connectivity index is 1.74. The van der Waals surface area contributed by atoms with E-state index >= 15 is 0 Å². The maximum Gasteiger partial charge on any atom is 0.225 e. The van der Waals surface area contributed by atoms with Gasteiger partial charge in [-0.25, -0.2) is 4.98 Å². The fourth-order valence-corrected chi connectivity index (χ4v) is 2.69. The van der Waals surface area contributed by atoms with E-state index in [0.29, 0.717) is 26.1 Å². The third-order valence-electron chi connectivity index (χ3n) is 3.09. The van der Waals surface area contributed by atoms with Crippen LogP contribution in [0.2, 0.25) is 0 Å². The van der Waals surface area contributed by atoms with Gasteiger partial charge in [-0.05, 0) is 6.92 Å². The molecule has 1 saturated heterocycles. The van der Waals surface area contributed by atoms with Gasteiger partial charge in [0, 0.05) is 44.1 Å². The Morgan fingerprint density at radius 3 is 3.11 bits per heavy atom. The summed E-state index contributed by atoms with van der Waals surface area (Å²) in [7, 11) is 0. The monoisotopic (exact) mass is 267 g/mol. The van der Waals surface area contributed by atoms with E-state index in [1.165, 1.54) is 0 Å². The first kappa shape index (κ1) is 13.0. The van der Waals surface area contributed by atoms with E-state index in [2.05, 4.69) is 10.3 Å². The number of hydrogen-bond donors (Lipinski definition) is 1. The number of thiazole rings is 1. The highest BCUT2D eigenvalue weighted by Crippen LogP contribution is 2.17. The van der Waals surface area contributed by atoms with Crippen LogP contribution in [0.25, 0.3) is 0 Å². The van der Waals surface area contributed by atoms with Gasteiger partial charge in [0.05, 0.1) is 10.9 Å². The summed E-state index contributed by atoms with van der Waals surface area (Å²) in [5, 5.41) is 5.82. The number of carbonyl (C=O) groups is 2. The maximum absolute atomic E-state index is 11.9. The number of nitrogens with zero attached hydrogens (tertiary/aromatic N) is 2. The van der Waals surface area contributed by atoms with Crippen molar-refractivity contribution >= 4 is 23.2 Å². The van der Waals surface area contributed by atoms with Gasteiger partial charge in [-0.2, -0.15) is 0 Å². The van der Waals surface area contributed by atoms with E-state index in [9.17, 15) is 9.59 Å². The van der Waals surface area contributed by atoms with Crippen molar-refractivity contribution in [1.82, 2.24) is 15.2 Å². The lowest BCUT2D eigenvalue weighted by Crippen LogP contribution is -2.34. The summed E-state index contributed by atoms with van der Waals surface area (Å²) in [4.78, 5) is 29.3. The molecule has 6 heteroatoms. The van der Waals surface area contributed by atoms with Crippen molar-refractivity contribution in [2.45, 2.75) is 19.8 Å². The van der Waals surface area contributed by atoms with Crippen LogP contribution in [0.4, 0.5) is 0 Å². The SMILES string of the molecule is CCN1CC(C(=O)NCCc2nccs2)CC1=O. The molecular weight excluding hydrogens is 250 g/mol. The second-order valence-corrected chi connectivity index (χ2v) is 5.28. The van der Waals surface area contributed by atoms with Crippen LogP contribution in [0.3, 0.4) is 0 Å². The molecule has 1 aromatic rings. The molecule has 2 rings (SSSR count). The molecule has 18 heavy (non-hydrogen) atoms. The maximum atomic E-state index is 11.9. The topological polar surface area (TPSA) is 62.3 Å². The molecule has 0 saturated carbocycles. The van der Waals surface area contributed by atoms with E-state index in [-0.39, 0.29) is 17.7 Å². The van der Waals surface area contributed by atoms with Crippen LogP contribution < -0.4 is 5.32 Å². The predicted molar refractivity (Wildman–Crippen MR) is 69.2 cm³/mol. The summed E-state index contributed by atoms with van der Waals surface area (Å²) in [6, 6.07) is 0. The van der Waals surface area contributed by atoms with Gasteiger partial charge in [0.15, 0.2) is 0 Å². The lowest BCUT2D eigenvalue weighted by atomic mass is 10.1. The minimum Gasteiger partial charge on any atom is -0.355 e. The summed E-state index contributed by atoms with van der Waals surface area (Å²) in [5.74, 6) is -0.123. The van der Waals surface area contributed by atoms with E-state index in [0.717, 1.165) is 11.4 Å². The third-order valence-corrected chi connectivity index (χ3v) is 3.93. The molecule has 1 N–H and O–H groups in total. The first-order valence-corrected chi connectivity index (χ1v) is 7.02. The first-order chi connectivity index (χ1) is 8.70. The number of likely N-dealkylation sites (tertiary alicyclic amines) is 1. The van der Waals surface area contributed by atoms with E-state index < -0.39 is 0 Å². The Bertz CT molecular complexity index is 419. The minimum absolute atomic E-state index is 0.0177. The number of nitrogens with one attached hydrogen (secondary N) is 1. The Hall–Kier alpha value is -1.43. The Morgan fingerprint density at radius 1 is 1.67 bits per heavy atom. The summed E-state index contributed by atoms with van der Waals surface area (Å²) in [6.07, 6.45) is 2.86. The molecule has 0 spiro atoms. The average molecular weight is 267 g/mol. The van der Waals surface area contributed by atoms with Gasteiger partial charge in [-0.15, -0.1) is 11.3 Å². The van der Waals surface area contributed by atoms with Crippen LogP contribution >= 0.6 is 11.3 Å². The van der Waals surface area contributed by atoms with Crippen molar-refractivity contribution in [2.24, 2.45) is 5.92 Å². The Morgan fingerprint density at radius 2 is 2.50 bits per heavy atom. The lowest BCUT2D eigenvalue weighted by Gasteiger charge is -2.13. The molecule has 98 valence electrons. The van der Waals surface area contributed by atoms with Crippen molar-refractivity contribution in [3.8, 4) is 0 Å². The number of amides is 2. The number of rotatable bonds is 5. The molecule has 0 aliphatic carbocycles. The van der Waals surface area contributed by atoms with Crippen LogP contribution in [-0.4, -0.2) is 41.3 Å². The van der Waals surface area contributed by atoms with Crippen molar-refractivity contribution in [1.29, 1.82) is 0 Å². The molecule has 0 radical (unpaired) electrons. The second-order valence-electron chi connectivity index (χ2n) is 4.30. The molecule has 0 bridgehead atoms. The van der Waals surface area contributed by atoms with E-state index in [4.69, 9.17) is 0 Å². The Kier molecular flexibility index (Phi) is 4.30. The Labute approximate surface area is 110 Å². The van der Waals surface area contributed by atoms with Crippen molar-refractivity contribution in [3.63, 3.8) is 0 Å². The van der Waals surface area contributed by atoms with Gasteiger partial charge in [0.2, 0.25) is 11.8 Å². The zero-order valence-corrected chi connectivity index (χ0v) is 11.2. The lowest BCUT2D eigenvalue weighted by molar-refractivity contribution is -0.128. The van der Waals surface area contributed by atoms with Gasteiger partial charge in [0.25, 0.3) is 0 Å². The van der Waals surface area contributed by atoms with Crippen LogP contribution in [0.5, 0.6) is 0 Å². The van der Waals surface area contributed by atoms with Crippen LogP contribution in [0, 0.1) is 5.92 Å². The zero-order valence-electron chi connectivity index (χ0n) is 10.4. The summed E-state index contributed by atoms with van der Waals surface area (Å²) in [5.41, 5.74) is 0. The third kappa shape index (κ3) is 3.07. The van der Waals surface area contributed by atoms with E-state index in [1.54, 1.807) is 22.4 Å². The summed E-state index contributed by atoms with van der Waals surface area (Å²) >= 11 is 1.59. The molecule has 2 amide bonds. The molecular formula is C12H17N3O2S. The molecule has 5 nitrogen and oxygen atoms in total. The summed E-state index contributed by atoms with van der Waals surface area (Å²) in [6.45, 7) is 3.75. The molecule has 1 unspecified atom stereocenters. The van der Waals surface area contributed by atoms with Gasteiger partial charge in [0.1, 0.15) is 0 Å². The zero-order chi connectivity index (χ0) is 13.0. The largest absolute Gasteiger partial charge is 0.355 e. The van der Waals surface area contributed by atoms with Crippen molar-refractivity contribution < 1.29 is 9.59 Å². The number of aromatic nitrogens is 1. The molecule has 1 aliphatic heterocycles. The summed E-state index contributed by atoms with van der Waals surface area (Å²) < 4.78 is 0. The molecule has 1 aromatic heterocycles. The van der Waals surface area contributed by atoms with E-state index in [1.807, 2.05) is 12.3 Å². The molecule has 2 heterocycles. The van der Waals surface area contributed by atoms with Crippen molar-refractivity contribution in [2.75, 3.05) is 19.6 Å². The van der Waals surface area contributed by atoms with Crippen molar-refractivity contribution in [3.05, 3.63) is 16.6 Å². The molecule has 1 aliphatic rings. The fourth-order valence-electron chi connectivity index (χ4n) is 2.07. The van der Waals surface area contributed by atoms with Crippen LogP contribution in [-0.2, 0) is 16.0 Å². The van der Waals surface area contributed by atoms with Gasteiger partial charge >= 0.3 is 0 Å². The standard InChI is InChI=1S/C12H17N3O2S/c1-2-15-8-9(7-11(15)16)12(17)14-4-3-10-13-5-6-18-10/h5-6,9H,2-4,7-8H2,1H3,(H,14,17). The highest BCUT2D eigenvalue weighted by atomic mass is 32.1. The highest BCUT2D eigenvalue weighted by Gasteiger charge is 2.32. The fraction of sp³-hybridized carbons (Fsp3) is 0.583. The van der Waals surface area contributed by atoms with Crippen LogP contribution in [0.15, 0.2) is 11.6 Å². The minimum atomic E-state index is -0.186. The molecule has 1 fully saturated rings. The smallest absolute Gasteiger partial charge is 0.225 e. The number of hydrogen-bond acceptors (Lipinski definition) is 4. The highest BCUT2D eigenvalue weighted by molar-refractivity contribution is 7.09. The molecule has 1 atom stereocenters. The average Bonchev–Trinajstić information content (AvgIpc) is 2.98. The second kappa shape index (κ2) is 5.95. The number of carbonyl (C=O) groups excluding carboxylic acids is 2. The predicted octanol–water partition coefficient (Wildman–Crippen LogP) is 0.670. The van der Waals surface area contributed by atoms with Crippen LogP contribution in [0.1, 0.15) is 18.4 Å². The molecule has 0 aromatic carbocycles. The quantitative estimate of drug-likeness (QED) is 0.853. The van der Waals surface area contributed by atoms with Gasteiger partial charge < -0.3 is 10.2 Å². The normalized spacial score (nSPS) is 19.3.